The molecule has 76 valence electrons. The van der Waals surface area contributed by atoms with Gasteiger partial charge in [0, 0.05) is 6.54 Å². The molecule has 3 heteroatoms. The normalized spacial score (nSPS) is 14.6. The number of rotatable bonds is 5. The van der Waals surface area contributed by atoms with Gasteiger partial charge in [0.2, 0.25) is 0 Å². The first-order chi connectivity index (χ1) is 6.77. The van der Waals surface area contributed by atoms with Gasteiger partial charge in [0.15, 0.2) is 0 Å². The van der Waals surface area contributed by atoms with Crippen LogP contribution in [0.3, 0.4) is 0 Å². The average molecular weight is 208 g/mol. The summed E-state index contributed by atoms with van der Waals surface area (Å²) < 4.78 is 0. The maximum Gasteiger partial charge on any atom is 0.0950 e. The molecule has 14 heavy (non-hydrogen) atoms. The van der Waals surface area contributed by atoms with Gasteiger partial charge in [-0.05, 0) is 34.7 Å². The molecular formula is C11H16N2S. The Morgan fingerprint density at radius 1 is 1.64 bits per heavy atom. The largest absolute Gasteiger partial charge is 0.301 e. The van der Waals surface area contributed by atoms with Crippen molar-refractivity contribution in [2.45, 2.75) is 32.2 Å². The van der Waals surface area contributed by atoms with Crippen molar-refractivity contribution >= 4 is 11.3 Å². The summed E-state index contributed by atoms with van der Waals surface area (Å²) in [6.45, 7) is 5.08. The van der Waals surface area contributed by atoms with Gasteiger partial charge in [0.25, 0.3) is 0 Å². The fourth-order valence-electron chi connectivity index (χ4n) is 1.27. The standard InChI is InChI=1S/C11H16N2S/c1-3-11(6-12)13-7-9(2)10-4-5-14-8-10/h4-5,8-9,11,13H,3,7H2,1-2H3. The third-order valence-corrected chi connectivity index (χ3v) is 3.05. The van der Waals surface area contributed by atoms with Crippen molar-refractivity contribution in [3.05, 3.63) is 22.4 Å². The minimum atomic E-state index is -0.00362. The average Bonchev–Trinajstić information content (AvgIpc) is 2.72. The molecule has 0 aliphatic rings. The van der Waals surface area contributed by atoms with E-state index in [9.17, 15) is 0 Å². The van der Waals surface area contributed by atoms with Gasteiger partial charge in [0.1, 0.15) is 0 Å². The Bertz CT molecular complexity index is 287. The van der Waals surface area contributed by atoms with Gasteiger partial charge in [-0.3, -0.25) is 0 Å². The first kappa shape index (κ1) is 11.2. The van der Waals surface area contributed by atoms with Crippen molar-refractivity contribution in [3.63, 3.8) is 0 Å². The van der Waals surface area contributed by atoms with E-state index in [0.29, 0.717) is 5.92 Å². The Kier molecular flexibility index (Phi) is 4.64. The number of hydrogen-bond donors (Lipinski definition) is 1. The third kappa shape index (κ3) is 3.13. The van der Waals surface area contributed by atoms with Gasteiger partial charge >= 0.3 is 0 Å². The molecule has 0 amide bonds. The van der Waals surface area contributed by atoms with E-state index in [1.165, 1.54) is 5.56 Å². The molecule has 0 aromatic carbocycles. The van der Waals surface area contributed by atoms with E-state index in [0.717, 1.165) is 13.0 Å². The van der Waals surface area contributed by atoms with Crippen molar-refractivity contribution in [1.29, 1.82) is 5.26 Å². The number of nitriles is 1. The lowest BCUT2D eigenvalue weighted by Gasteiger charge is -2.13. The molecule has 0 aliphatic carbocycles. The minimum Gasteiger partial charge on any atom is -0.301 e. The summed E-state index contributed by atoms with van der Waals surface area (Å²) in [7, 11) is 0. The summed E-state index contributed by atoms with van der Waals surface area (Å²) in [6, 6.07) is 4.38. The zero-order valence-corrected chi connectivity index (χ0v) is 9.47. The minimum absolute atomic E-state index is 0.00362. The number of hydrogen-bond acceptors (Lipinski definition) is 3. The lowest BCUT2D eigenvalue weighted by molar-refractivity contribution is 0.549. The van der Waals surface area contributed by atoms with Crippen LogP contribution >= 0.6 is 11.3 Å². The highest BCUT2D eigenvalue weighted by molar-refractivity contribution is 7.07. The van der Waals surface area contributed by atoms with Gasteiger partial charge in [0.05, 0.1) is 12.1 Å². The summed E-state index contributed by atoms with van der Waals surface area (Å²) >= 11 is 1.72. The Morgan fingerprint density at radius 3 is 2.93 bits per heavy atom. The Morgan fingerprint density at radius 2 is 2.43 bits per heavy atom. The zero-order chi connectivity index (χ0) is 10.4. The van der Waals surface area contributed by atoms with Crippen molar-refractivity contribution in [2.24, 2.45) is 0 Å². The van der Waals surface area contributed by atoms with Gasteiger partial charge in [-0.15, -0.1) is 0 Å². The smallest absolute Gasteiger partial charge is 0.0950 e. The highest BCUT2D eigenvalue weighted by atomic mass is 32.1. The molecular weight excluding hydrogens is 192 g/mol. The molecule has 0 radical (unpaired) electrons. The molecule has 1 rings (SSSR count). The third-order valence-electron chi connectivity index (χ3n) is 2.35. The van der Waals surface area contributed by atoms with Crippen LogP contribution in [-0.2, 0) is 0 Å². The second kappa shape index (κ2) is 5.79. The van der Waals surface area contributed by atoms with E-state index in [1.807, 2.05) is 6.92 Å². The zero-order valence-electron chi connectivity index (χ0n) is 8.66. The summed E-state index contributed by atoms with van der Waals surface area (Å²) in [5.74, 6) is 0.489. The lowest BCUT2D eigenvalue weighted by atomic mass is 10.0. The number of nitrogens with one attached hydrogen (secondary N) is 1. The fraction of sp³-hybridized carbons (Fsp3) is 0.545. The second-order valence-electron chi connectivity index (χ2n) is 3.46. The fourth-order valence-corrected chi connectivity index (χ4v) is 2.06. The summed E-state index contributed by atoms with van der Waals surface area (Å²) in [4.78, 5) is 0. The molecule has 2 nitrogen and oxygen atoms in total. The van der Waals surface area contributed by atoms with Crippen LogP contribution in [-0.4, -0.2) is 12.6 Å². The van der Waals surface area contributed by atoms with E-state index in [-0.39, 0.29) is 6.04 Å². The molecule has 1 aromatic rings. The first-order valence-electron chi connectivity index (χ1n) is 4.93. The molecule has 0 bridgehead atoms. The van der Waals surface area contributed by atoms with Crippen LogP contribution < -0.4 is 5.32 Å². The summed E-state index contributed by atoms with van der Waals surface area (Å²) in [5, 5.41) is 16.3. The van der Waals surface area contributed by atoms with Crippen molar-refractivity contribution < 1.29 is 0 Å². The van der Waals surface area contributed by atoms with Crippen LogP contribution in [0.4, 0.5) is 0 Å². The van der Waals surface area contributed by atoms with Crippen LogP contribution in [0.1, 0.15) is 31.7 Å². The Labute approximate surface area is 89.6 Å². The van der Waals surface area contributed by atoms with E-state index >= 15 is 0 Å². The van der Waals surface area contributed by atoms with Crippen LogP contribution in [0.15, 0.2) is 16.8 Å². The van der Waals surface area contributed by atoms with E-state index in [1.54, 1.807) is 11.3 Å². The molecule has 1 N–H and O–H groups in total. The van der Waals surface area contributed by atoms with E-state index < -0.39 is 0 Å². The molecule has 0 saturated heterocycles. The lowest BCUT2D eigenvalue weighted by Crippen LogP contribution is -2.30. The predicted octanol–water partition coefficient (Wildman–Crippen LogP) is 2.74. The van der Waals surface area contributed by atoms with Crippen LogP contribution in [0.2, 0.25) is 0 Å². The van der Waals surface area contributed by atoms with Gasteiger partial charge in [-0.2, -0.15) is 16.6 Å². The van der Waals surface area contributed by atoms with Crippen LogP contribution in [0.25, 0.3) is 0 Å². The summed E-state index contributed by atoms with van der Waals surface area (Å²) in [6.07, 6.45) is 0.868. The van der Waals surface area contributed by atoms with Gasteiger partial charge in [-0.25, -0.2) is 0 Å². The Balaban J connectivity index is 2.35. The van der Waals surface area contributed by atoms with E-state index in [2.05, 4.69) is 35.1 Å². The first-order valence-corrected chi connectivity index (χ1v) is 5.87. The van der Waals surface area contributed by atoms with Gasteiger partial charge in [-0.1, -0.05) is 13.8 Å². The van der Waals surface area contributed by atoms with Crippen LogP contribution in [0.5, 0.6) is 0 Å². The van der Waals surface area contributed by atoms with Crippen LogP contribution in [0, 0.1) is 11.3 Å². The number of nitrogens with zero attached hydrogens (tertiary/aromatic N) is 1. The van der Waals surface area contributed by atoms with E-state index in [4.69, 9.17) is 5.26 Å². The molecule has 0 spiro atoms. The molecule has 0 aliphatic heterocycles. The Hall–Kier alpha value is -0.850. The SMILES string of the molecule is CCC(C#N)NCC(C)c1ccsc1. The quantitative estimate of drug-likeness (QED) is 0.807. The second-order valence-corrected chi connectivity index (χ2v) is 4.24. The monoisotopic (exact) mass is 208 g/mol. The highest BCUT2D eigenvalue weighted by Crippen LogP contribution is 2.17. The molecule has 0 saturated carbocycles. The predicted molar refractivity (Wildman–Crippen MR) is 60.4 cm³/mol. The maximum atomic E-state index is 8.76. The maximum absolute atomic E-state index is 8.76. The molecule has 2 unspecified atom stereocenters. The molecule has 1 heterocycles. The molecule has 0 fully saturated rings. The highest BCUT2D eigenvalue weighted by Gasteiger charge is 2.08. The molecule has 2 atom stereocenters. The number of thiophene rings is 1. The molecule has 1 aromatic heterocycles. The topological polar surface area (TPSA) is 35.8 Å². The van der Waals surface area contributed by atoms with Gasteiger partial charge < -0.3 is 5.32 Å². The van der Waals surface area contributed by atoms with Crippen molar-refractivity contribution in [1.82, 2.24) is 5.32 Å². The van der Waals surface area contributed by atoms with Crippen molar-refractivity contribution in [2.75, 3.05) is 6.54 Å². The van der Waals surface area contributed by atoms with Crippen molar-refractivity contribution in [3.8, 4) is 6.07 Å². The summed E-state index contributed by atoms with van der Waals surface area (Å²) in [5.41, 5.74) is 1.36.